The Kier molecular flexibility index (Phi) is 3.09. The van der Waals surface area contributed by atoms with E-state index in [0.717, 1.165) is 17.5 Å². The number of benzene rings is 1. The molecular formula is C15H20O3. The van der Waals surface area contributed by atoms with Crippen molar-refractivity contribution in [3.05, 3.63) is 28.8 Å². The molecule has 0 saturated heterocycles. The molecule has 2 N–H and O–H groups in total. The first-order valence-corrected chi connectivity index (χ1v) is 6.46. The number of rotatable bonds is 3. The number of aryl methyl sites for hydroxylation is 1. The van der Waals surface area contributed by atoms with Crippen LogP contribution in [0.25, 0.3) is 0 Å². The van der Waals surface area contributed by atoms with E-state index in [4.69, 9.17) is 0 Å². The van der Waals surface area contributed by atoms with Crippen LogP contribution in [0.1, 0.15) is 55.7 Å². The minimum atomic E-state index is -0.860. The lowest BCUT2D eigenvalue weighted by Crippen LogP contribution is -2.42. The highest BCUT2D eigenvalue weighted by atomic mass is 16.4. The molecule has 0 heterocycles. The SMILES string of the molecule is Cc1cc(O)c(C2(C(=O)O)CCC2)cc1C(C)C. The Morgan fingerprint density at radius 1 is 1.33 bits per heavy atom. The van der Waals surface area contributed by atoms with E-state index in [1.54, 1.807) is 6.07 Å². The zero-order valence-corrected chi connectivity index (χ0v) is 11.2. The zero-order valence-electron chi connectivity index (χ0n) is 11.2. The molecular weight excluding hydrogens is 228 g/mol. The fourth-order valence-electron chi connectivity index (χ4n) is 2.84. The van der Waals surface area contributed by atoms with Gasteiger partial charge in [-0.2, -0.15) is 0 Å². The highest BCUT2D eigenvalue weighted by Crippen LogP contribution is 2.48. The van der Waals surface area contributed by atoms with E-state index < -0.39 is 11.4 Å². The first-order valence-electron chi connectivity index (χ1n) is 6.46. The predicted octanol–water partition coefficient (Wildman–Crippen LogP) is 3.33. The first-order chi connectivity index (χ1) is 8.38. The molecule has 0 atom stereocenters. The Morgan fingerprint density at radius 2 is 1.94 bits per heavy atom. The van der Waals surface area contributed by atoms with Crippen molar-refractivity contribution in [3.63, 3.8) is 0 Å². The first kappa shape index (κ1) is 12.9. The molecule has 3 nitrogen and oxygen atoms in total. The van der Waals surface area contributed by atoms with E-state index in [-0.39, 0.29) is 5.75 Å². The summed E-state index contributed by atoms with van der Waals surface area (Å²) in [6.45, 7) is 6.11. The second-order valence-corrected chi connectivity index (χ2v) is 5.62. The second-order valence-electron chi connectivity index (χ2n) is 5.62. The van der Waals surface area contributed by atoms with Crippen LogP contribution in [-0.2, 0) is 10.2 Å². The van der Waals surface area contributed by atoms with Gasteiger partial charge in [-0.1, -0.05) is 26.3 Å². The standard InChI is InChI=1S/C15H20O3/c1-9(2)11-8-12(13(16)7-10(11)3)15(14(17)18)5-4-6-15/h7-9,16H,4-6H2,1-3H3,(H,17,18). The smallest absolute Gasteiger partial charge is 0.314 e. The maximum absolute atomic E-state index is 11.5. The third kappa shape index (κ3) is 1.78. The topological polar surface area (TPSA) is 57.5 Å². The number of carboxylic acid groups (broad SMARTS) is 1. The Balaban J connectivity index is 2.57. The summed E-state index contributed by atoms with van der Waals surface area (Å²) in [5, 5.41) is 19.5. The molecule has 1 aromatic carbocycles. The van der Waals surface area contributed by atoms with E-state index in [9.17, 15) is 15.0 Å². The van der Waals surface area contributed by atoms with Crippen LogP contribution in [0.4, 0.5) is 0 Å². The van der Waals surface area contributed by atoms with Crippen molar-refractivity contribution < 1.29 is 15.0 Å². The molecule has 1 saturated carbocycles. The number of aromatic hydroxyl groups is 1. The largest absolute Gasteiger partial charge is 0.508 e. The molecule has 1 aromatic rings. The number of hydrogen-bond acceptors (Lipinski definition) is 2. The lowest BCUT2D eigenvalue weighted by atomic mass is 9.63. The van der Waals surface area contributed by atoms with Crippen LogP contribution in [0, 0.1) is 6.92 Å². The fourth-order valence-corrected chi connectivity index (χ4v) is 2.84. The van der Waals surface area contributed by atoms with Gasteiger partial charge < -0.3 is 10.2 Å². The monoisotopic (exact) mass is 248 g/mol. The maximum Gasteiger partial charge on any atom is 0.314 e. The number of phenols is 1. The Bertz CT molecular complexity index is 485. The van der Waals surface area contributed by atoms with Crippen molar-refractivity contribution in [2.75, 3.05) is 0 Å². The fraction of sp³-hybridized carbons (Fsp3) is 0.533. The molecule has 0 amide bonds. The van der Waals surface area contributed by atoms with E-state index >= 15 is 0 Å². The summed E-state index contributed by atoms with van der Waals surface area (Å²) < 4.78 is 0. The molecule has 0 bridgehead atoms. The van der Waals surface area contributed by atoms with Gasteiger partial charge in [0.2, 0.25) is 0 Å². The summed E-state index contributed by atoms with van der Waals surface area (Å²) in [6.07, 6.45) is 2.16. The van der Waals surface area contributed by atoms with Gasteiger partial charge in [0.25, 0.3) is 0 Å². The third-order valence-corrected chi connectivity index (χ3v) is 4.14. The molecule has 0 aliphatic heterocycles. The maximum atomic E-state index is 11.5. The highest BCUT2D eigenvalue weighted by Gasteiger charge is 2.47. The average molecular weight is 248 g/mol. The third-order valence-electron chi connectivity index (χ3n) is 4.14. The van der Waals surface area contributed by atoms with Gasteiger partial charge in [-0.15, -0.1) is 0 Å². The Hall–Kier alpha value is -1.51. The molecule has 1 aliphatic carbocycles. The van der Waals surface area contributed by atoms with Gasteiger partial charge in [0.1, 0.15) is 5.75 Å². The van der Waals surface area contributed by atoms with E-state index in [1.807, 2.05) is 13.0 Å². The number of phenolic OH excluding ortho intramolecular Hbond substituents is 1. The number of aliphatic carboxylic acids is 1. The summed E-state index contributed by atoms with van der Waals surface area (Å²) in [6, 6.07) is 3.59. The average Bonchev–Trinajstić information content (AvgIpc) is 2.18. The number of carboxylic acids is 1. The van der Waals surface area contributed by atoms with Crippen LogP contribution in [0.5, 0.6) is 5.75 Å². The molecule has 0 radical (unpaired) electrons. The quantitative estimate of drug-likeness (QED) is 0.862. The van der Waals surface area contributed by atoms with Gasteiger partial charge in [0.15, 0.2) is 0 Å². The highest BCUT2D eigenvalue weighted by molar-refractivity contribution is 5.84. The van der Waals surface area contributed by atoms with Gasteiger partial charge in [-0.05, 0) is 42.9 Å². The molecule has 3 heteroatoms. The summed E-state index contributed by atoms with van der Waals surface area (Å²) in [5.74, 6) is -0.364. The summed E-state index contributed by atoms with van der Waals surface area (Å²) in [7, 11) is 0. The van der Waals surface area contributed by atoms with Crippen LogP contribution in [0.3, 0.4) is 0 Å². The molecule has 98 valence electrons. The second kappa shape index (κ2) is 4.30. The predicted molar refractivity (Wildman–Crippen MR) is 70.1 cm³/mol. The van der Waals surface area contributed by atoms with Crippen molar-refractivity contribution in [1.82, 2.24) is 0 Å². The number of hydrogen-bond donors (Lipinski definition) is 2. The Labute approximate surface area is 107 Å². The van der Waals surface area contributed by atoms with Crippen LogP contribution in [0.15, 0.2) is 12.1 Å². The summed E-state index contributed by atoms with van der Waals surface area (Å²) >= 11 is 0. The van der Waals surface area contributed by atoms with E-state index in [2.05, 4.69) is 13.8 Å². The summed E-state index contributed by atoms with van der Waals surface area (Å²) in [4.78, 5) is 11.5. The lowest BCUT2D eigenvalue weighted by molar-refractivity contribution is -0.147. The summed E-state index contributed by atoms with van der Waals surface area (Å²) in [5.41, 5.74) is 1.87. The Morgan fingerprint density at radius 3 is 2.33 bits per heavy atom. The molecule has 1 fully saturated rings. The zero-order chi connectivity index (χ0) is 13.5. The minimum absolute atomic E-state index is 0.124. The van der Waals surface area contributed by atoms with Gasteiger partial charge in [-0.3, -0.25) is 4.79 Å². The van der Waals surface area contributed by atoms with Gasteiger partial charge in [-0.25, -0.2) is 0 Å². The molecule has 0 spiro atoms. The van der Waals surface area contributed by atoms with Crippen molar-refractivity contribution in [3.8, 4) is 5.75 Å². The van der Waals surface area contributed by atoms with Crippen LogP contribution in [0.2, 0.25) is 0 Å². The van der Waals surface area contributed by atoms with E-state index in [1.165, 1.54) is 0 Å². The van der Waals surface area contributed by atoms with E-state index in [0.29, 0.717) is 24.3 Å². The van der Waals surface area contributed by atoms with Crippen LogP contribution < -0.4 is 0 Å². The van der Waals surface area contributed by atoms with Crippen molar-refractivity contribution >= 4 is 5.97 Å². The molecule has 0 unspecified atom stereocenters. The number of carbonyl (C=O) groups is 1. The molecule has 1 aliphatic rings. The van der Waals surface area contributed by atoms with Crippen LogP contribution in [-0.4, -0.2) is 16.2 Å². The van der Waals surface area contributed by atoms with Gasteiger partial charge in [0, 0.05) is 5.56 Å². The molecule has 0 aromatic heterocycles. The van der Waals surface area contributed by atoms with Gasteiger partial charge in [0.05, 0.1) is 5.41 Å². The van der Waals surface area contributed by atoms with Crippen molar-refractivity contribution in [2.45, 2.75) is 51.4 Å². The van der Waals surface area contributed by atoms with Gasteiger partial charge >= 0.3 is 5.97 Å². The molecule has 2 rings (SSSR count). The van der Waals surface area contributed by atoms with Crippen molar-refractivity contribution in [2.24, 2.45) is 0 Å². The lowest BCUT2D eigenvalue weighted by Gasteiger charge is -2.39. The minimum Gasteiger partial charge on any atom is -0.508 e. The normalized spacial score (nSPS) is 17.6. The van der Waals surface area contributed by atoms with Crippen LogP contribution >= 0.6 is 0 Å². The van der Waals surface area contributed by atoms with Crippen molar-refractivity contribution in [1.29, 1.82) is 0 Å². The molecule has 18 heavy (non-hydrogen) atoms.